The Morgan fingerprint density at radius 2 is 2.06 bits per heavy atom. The normalized spacial score (nSPS) is 18.2. The molecule has 3 N–H and O–H groups in total. The molecule has 0 amide bonds. The fourth-order valence-electron chi connectivity index (χ4n) is 4.55. The largest absolute Gasteiger partial charge is 0.384 e. The highest BCUT2D eigenvalue weighted by Crippen LogP contribution is 2.39. The zero-order chi connectivity index (χ0) is 24.2. The number of aromatic amines is 1. The Bertz CT molecular complexity index is 1280. The summed E-state index contributed by atoms with van der Waals surface area (Å²) in [6.07, 6.45) is 8.53. The molecule has 1 fully saturated rings. The van der Waals surface area contributed by atoms with Gasteiger partial charge in [-0.25, -0.2) is 4.79 Å². The molecule has 11 heteroatoms. The van der Waals surface area contributed by atoms with E-state index < -0.39 is 17.0 Å². The number of nitrogens with two attached hydrogens (primary N) is 1. The lowest BCUT2D eigenvalue weighted by molar-refractivity contribution is 0.102. The number of carbonyl (C=O) groups excluding carboxylic acids is 1. The van der Waals surface area contributed by atoms with Crippen molar-refractivity contribution < 1.29 is 4.79 Å². The van der Waals surface area contributed by atoms with Gasteiger partial charge in [-0.3, -0.25) is 28.7 Å². The number of rotatable bonds is 8. The van der Waals surface area contributed by atoms with E-state index in [4.69, 9.17) is 5.73 Å². The highest BCUT2D eigenvalue weighted by atomic mass is 32.2. The average molecular weight is 484 g/mol. The predicted octanol–water partition coefficient (Wildman–Crippen LogP) is 2.91. The van der Waals surface area contributed by atoms with Gasteiger partial charge in [0.05, 0.1) is 5.75 Å². The van der Waals surface area contributed by atoms with Gasteiger partial charge in [0, 0.05) is 30.5 Å². The molecule has 0 spiro atoms. The van der Waals surface area contributed by atoms with Gasteiger partial charge in [0.2, 0.25) is 0 Å². The number of nitrogens with one attached hydrogen (secondary N) is 1. The number of anilines is 1. The lowest BCUT2D eigenvalue weighted by Gasteiger charge is -2.31. The molecule has 0 aliphatic heterocycles. The number of nitrogen functional groups attached to an aromatic ring is 1. The predicted molar refractivity (Wildman–Crippen MR) is 131 cm³/mol. The molecule has 1 aliphatic carbocycles. The maximum absolute atomic E-state index is 13.1. The van der Waals surface area contributed by atoms with E-state index in [2.05, 4.69) is 31.7 Å². The summed E-state index contributed by atoms with van der Waals surface area (Å²) >= 11 is 1.23. The van der Waals surface area contributed by atoms with Crippen LogP contribution in [0.5, 0.6) is 0 Å². The number of aromatic nitrogens is 6. The van der Waals surface area contributed by atoms with E-state index in [1.54, 1.807) is 12.4 Å². The molecule has 2 unspecified atom stereocenters. The van der Waals surface area contributed by atoms with Gasteiger partial charge in [-0.2, -0.15) is 0 Å². The molecule has 3 aromatic heterocycles. The molecule has 180 valence electrons. The second-order valence-electron chi connectivity index (χ2n) is 8.63. The number of nitrogens with zero attached hydrogens (tertiary/aromatic N) is 5. The quantitative estimate of drug-likeness (QED) is 0.368. The maximum atomic E-state index is 13.1. The minimum absolute atomic E-state index is 0.0517. The number of hydrogen-bond acceptors (Lipinski definition) is 8. The molecule has 2 atom stereocenters. The number of carbonyl (C=O) groups is 1. The van der Waals surface area contributed by atoms with Crippen molar-refractivity contribution in [2.75, 3.05) is 11.5 Å². The number of pyridine rings is 1. The van der Waals surface area contributed by atoms with Gasteiger partial charge in [0.25, 0.3) is 5.56 Å². The number of Topliss-reactive ketones (excluding diaryl/α,β-unsaturated/α-hetero) is 1. The van der Waals surface area contributed by atoms with Crippen molar-refractivity contribution in [1.82, 2.24) is 29.3 Å². The lowest BCUT2D eigenvalue weighted by atomic mass is 9.85. The van der Waals surface area contributed by atoms with Crippen LogP contribution in [0, 0.1) is 5.92 Å². The van der Waals surface area contributed by atoms with Gasteiger partial charge in [-0.05, 0) is 37.3 Å². The Hall–Kier alpha value is -3.21. The van der Waals surface area contributed by atoms with Crippen LogP contribution in [0.25, 0.3) is 11.4 Å². The van der Waals surface area contributed by atoms with Gasteiger partial charge in [-0.1, -0.05) is 38.5 Å². The van der Waals surface area contributed by atoms with Crippen LogP contribution in [0.2, 0.25) is 0 Å². The first-order valence-corrected chi connectivity index (χ1v) is 12.5. The Labute approximate surface area is 201 Å². The summed E-state index contributed by atoms with van der Waals surface area (Å²) in [5, 5.41) is 9.45. The van der Waals surface area contributed by atoms with Crippen LogP contribution in [-0.2, 0) is 6.54 Å². The first-order chi connectivity index (χ1) is 16.4. The zero-order valence-corrected chi connectivity index (χ0v) is 20.2. The number of thioether (sulfide) groups is 1. The lowest BCUT2D eigenvalue weighted by Crippen LogP contribution is -2.36. The van der Waals surface area contributed by atoms with E-state index in [0.29, 0.717) is 24.0 Å². The molecule has 0 saturated heterocycles. The monoisotopic (exact) mass is 483 g/mol. The van der Waals surface area contributed by atoms with Crippen LogP contribution >= 0.6 is 11.8 Å². The van der Waals surface area contributed by atoms with Gasteiger partial charge in [-0.15, -0.1) is 10.2 Å². The second-order valence-corrected chi connectivity index (χ2v) is 9.57. The third kappa shape index (κ3) is 4.70. The zero-order valence-electron chi connectivity index (χ0n) is 19.4. The second kappa shape index (κ2) is 10.4. The third-order valence-electron chi connectivity index (χ3n) is 6.28. The Kier molecular flexibility index (Phi) is 7.30. The Morgan fingerprint density at radius 1 is 1.26 bits per heavy atom. The molecule has 0 radical (unpaired) electrons. The number of hydrogen-bond donors (Lipinski definition) is 2. The van der Waals surface area contributed by atoms with Crippen LogP contribution in [0.4, 0.5) is 5.82 Å². The van der Waals surface area contributed by atoms with Crippen LogP contribution in [0.1, 0.15) is 62.4 Å². The highest BCUT2D eigenvalue weighted by Gasteiger charge is 2.29. The fourth-order valence-corrected chi connectivity index (χ4v) is 5.42. The Balaban J connectivity index is 1.66. The fraction of sp³-hybridized carbons (Fsp3) is 0.478. The van der Waals surface area contributed by atoms with Gasteiger partial charge < -0.3 is 5.73 Å². The topological polar surface area (TPSA) is 142 Å². The van der Waals surface area contributed by atoms with Gasteiger partial charge >= 0.3 is 5.69 Å². The molecule has 4 rings (SSSR count). The summed E-state index contributed by atoms with van der Waals surface area (Å²) in [6.45, 7) is 4.43. The van der Waals surface area contributed by atoms with E-state index in [-0.39, 0.29) is 23.2 Å². The molecule has 1 aliphatic rings. The molecule has 0 aromatic carbocycles. The summed E-state index contributed by atoms with van der Waals surface area (Å²) in [6, 6.07) is 4.00. The molecule has 3 aromatic rings. The molecule has 34 heavy (non-hydrogen) atoms. The standard InChI is InChI=1S/C23H29N7O3S/c1-3-11-29-19(24)18(21(32)26-22(29)33)17(31)13-34-23-28-27-20(15-8-6-10-25-12-15)30(23)16-9-5-4-7-14(16)2/h6,8,10,12,14,16H,3-5,7,9,11,13,24H2,1-2H3,(H,26,32,33). The van der Waals surface area contributed by atoms with Crippen molar-refractivity contribution >= 4 is 23.4 Å². The van der Waals surface area contributed by atoms with Crippen molar-refractivity contribution in [1.29, 1.82) is 0 Å². The minimum Gasteiger partial charge on any atom is -0.384 e. The third-order valence-corrected chi connectivity index (χ3v) is 7.22. The highest BCUT2D eigenvalue weighted by molar-refractivity contribution is 7.99. The van der Waals surface area contributed by atoms with Gasteiger partial charge in [0.1, 0.15) is 11.4 Å². The molecule has 3 heterocycles. The SMILES string of the molecule is CCCn1c(N)c(C(=O)CSc2nnc(-c3cccnc3)n2C2CCCCC2C)c(=O)[nH]c1=O. The van der Waals surface area contributed by atoms with Crippen molar-refractivity contribution in [2.24, 2.45) is 5.92 Å². The summed E-state index contributed by atoms with van der Waals surface area (Å²) in [7, 11) is 0. The smallest absolute Gasteiger partial charge is 0.329 e. The molecule has 10 nitrogen and oxygen atoms in total. The van der Waals surface area contributed by atoms with Crippen molar-refractivity contribution in [3.63, 3.8) is 0 Å². The van der Waals surface area contributed by atoms with E-state index in [1.165, 1.54) is 22.7 Å². The first kappa shape index (κ1) is 23.9. The summed E-state index contributed by atoms with van der Waals surface area (Å²) in [5.41, 5.74) is 5.35. The van der Waals surface area contributed by atoms with E-state index in [0.717, 1.165) is 30.7 Å². The van der Waals surface area contributed by atoms with Crippen molar-refractivity contribution in [3.8, 4) is 11.4 Å². The van der Waals surface area contributed by atoms with E-state index >= 15 is 0 Å². The van der Waals surface area contributed by atoms with Crippen LogP contribution in [0.3, 0.4) is 0 Å². The first-order valence-electron chi connectivity index (χ1n) is 11.6. The van der Waals surface area contributed by atoms with Gasteiger partial charge in [0.15, 0.2) is 16.8 Å². The van der Waals surface area contributed by atoms with E-state index in [9.17, 15) is 14.4 Å². The molecule has 0 bridgehead atoms. The molecular weight excluding hydrogens is 454 g/mol. The summed E-state index contributed by atoms with van der Waals surface area (Å²) in [4.78, 5) is 44.0. The molecular formula is C23H29N7O3S. The van der Waals surface area contributed by atoms with Crippen LogP contribution in [0.15, 0.2) is 39.3 Å². The summed E-state index contributed by atoms with van der Waals surface area (Å²) in [5.74, 6) is 0.550. The van der Waals surface area contributed by atoms with Crippen molar-refractivity contribution in [2.45, 2.75) is 63.7 Å². The van der Waals surface area contributed by atoms with E-state index in [1.807, 2.05) is 19.1 Å². The number of H-pyrrole nitrogens is 1. The molecule has 1 saturated carbocycles. The number of ketones is 1. The van der Waals surface area contributed by atoms with Crippen LogP contribution < -0.4 is 17.0 Å². The Morgan fingerprint density at radius 3 is 2.76 bits per heavy atom. The minimum atomic E-state index is -0.765. The maximum Gasteiger partial charge on any atom is 0.329 e. The average Bonchev–Trinajstić information content (AvgIpc) is 3.25. The summed E-state index contributed by atoms with van der Waals surface area (Å²) < 4.78 is 3.34. The van der Waals surface area contributed by atoms with Crippen molar-refractivity contribution in [3.05, 3.63) is 50.9 Å². The van der Waals surface area contributed by atoms with Crippen LogP contribution in [-0.4, -0.2) is 40.8 Å².